The number of aliphatic hydroxyl groups is 1. The number of amides is 1. The van der Waals surface area contributed by atoms with Crippen LogP contribution in [-0.2, 0) is 31.0 Å². The van der Waals surface area contributed by atoms with Gasteiger partial charge >= 0.3 is 0 Å². The van der Waals surface area contributed by atoms with Gasteiger partial charge in [-0.15, -0.1) is 0 Å². The summed E-state index contributed by atoms with van der Waals surface area (Å²) in [7, 11) is 0. The van der Waals surface area contributed by atoms with E-state index in [1.54, 1.807) is 12.1 Å². The maximum atomic E-state index is 11.7. The lowest BCUT2D eigenvalue weighted by Crippen LogP contribution is -2.39. The third kappa shape index (κ3) is 11.2. The fourth-order valence-electron chi connectivity index (χ4n) is 7.03. The molecule has 7 rings (SSSR count). The highest BCUT2D eigenvalue weighted by molar-refractivity contribution is 5.76. The number of carbonyl (C=O) groups is 1. The smallest absolute Gasteiger partial charge is 0.211 e. The highest BCUT2D eigenvalue weighted by atomic mass is 16.5. The zero-order valence-electron chi connectivity index (χ0n) is 32.3. The standard InChI is InChI=1S/C51H48N2O5/c54-37-53-47-32-44(25-30-50(47)58-36-41-19-11-4-12-20-41)49(55)33-52-48(31-38-13-5-1-6-14-38)51(42-21-26-45(27-22-42)56-34-39-15-7-2-8-16-39)43-23-28-46(29-24-43)57-35-40-17-9-3-10-18-40/h1-30,32,37,48-49,51-52,55H,31,33-36H2,(H,53,54)/t48?,49-/m0/s1. The van der Waals surface area contributed by atoms with Gasteiger partial charge in [0.15, 0.2) is 0 Å². The van der Waals surface area contributed by atoms with Gasteiger partial charge in [-0.1, -0.05) is 152 Å². The molecule has 0 aromatic heterocycles. The molecule has 0 fully saturated rings. The van der Waals surface area contributed by atoms with E-state index < -0.39 is 6.10 Å². The summed E-state index contributed by atoms with van der Waals surface area (Å²) in [5.41, 5.74) is 7.74. The first-order valence-electron chi connectivity index (χ1n) is 19.6. The van der Waals surface area contributed by atoms with Crippen LogP contribution in [-0.4, -0.2) is 24.1 Å². The first-order valence-corrected chi connectivity index (χ1v) is 19.6. The van der Waals surface area contributed by atoms with E-state index in [1.165, 1.54) is 5.56 Å². The molecule has 1 amide bonds. The van der Waals surface area contributed by atoms with Crippen LogP contribution in [0.1, 0.15) is 51.0 Å². The molecular formula is C51H48N2O5. The van der Waals surface area contributed by atoms with Crippen molar-refractivity contribution >= 4 is 12.1 Å². The summed E-state index contributed by atoms with van der Waals surface area (Å²) in [5, 5.41) is 18.2. The van der Waals surface area contributed by atoms with E-state index in [1.807, 2.05) is 103 Å². The number of ether oxygens (including phenoxy) is 3. The second-order valence-corrected chi connectivity index (χ2v) is 14.2. The maximum absolute atomic E-state index is 11.7. The van der Waals surface area contributed by atoms with Crippen LogP contribution in [0.2, 0.25) is 0 Å². The summed E-state index contributed by atoms with van der Waals surface area (Å²) < 4.78 is 18.4. The van der Waals surface area contributed by atoms with E-state index >= 15 is 0 Å². The Balaban J connectivity index is 1.14. The van der Waals surface area contributed by atoms with Gasteiger partial charge in [-0.2, -0.15) is 0 Å². The first kappa shape index (κ1) is 39.6. The SMILES string of the molecule is O=CNc1cc([C@@H](O)CNC(Cc2ccccc2)C(c2ccc(OCc3ccccc3)cc2)c2ccc(OCc3ccccc3)cc2)ccc1OCc1ccccc1. The van der Waals surface area contributed by atoms with Crippen LogP contribution in [0.5, 0.6) is 17.2 Å². The van der Waals surface area contributed by atoms with E-state index in [2.05, 4.69) is 83.4 Å². The Bertz CT molecular complexity index is 2180. The molecule has 0 aliphatic heterocycles. The van der Waals surface area contributed by atoms with Gasteiger partial charge in [0.1, 0.15) is 37.1 Å². The summed E-state index contributed by atoms with van der Waals surface area (Å²) in [6, 6.07) is 62.4. The number of anilines is 1. The largest absolute Gasteiger partial charge is 0.489 e. The Kier molecular flexibility index (Phi) is 14.0. The molecule has 58 heavy (non-hydrogen) atoms. The van der Waals surface area contributed by atoms with Crippen LogP contribution in [0.3, 0.4) is 0 Å². The molecule has 0 bridgehead atoms. The van der Waals surface area contributed by atoms with Gasteiger partial charge < -0.3 is 30.0 Å². The molecule has 7 aromatic carbocycles. The van der Waals surface area contributed by atoms with Crippen LogP contribution in [0.25, 0.3) is 0 Å². The Morgan fingerprint density at radius 1 is 0.500 bits per heavy atom. The molecule has 0 aliphatic rings. The third-order valence-corrected chi connectivity index (χ3v) is 10.1. The number of rotatable bonds is 20. The number of hydrogen-bond donors (Lipinski definition) is 3. The number of carbonyl (C=O) groups excluding carboxylic acids is 1. The fourth-order valence-corrected chi connectivity index (χ4v) is 7.03. The summed E-state index contributed by atoms with van der Waals surface area (Å²) in [4.78, 5) is 11.6. The summed E-state index contributed by atoms with van der Waals surface area (Å²) in [5.74, 6) is 1.99. The summed E-state index contributed by atoms with van der Waals surface area (Å²) >= 11 is 0. The predicted molar refractivity (Wildman–Crippen MR) is 230 cm³/mol. The van der Waals surface area contributed by atoms with Crippen molar-refractivity contribution in [3.05, 3.63) is 227 Å². The van der Waals surface area contributed by atoms with E-state index in [9.17, 15) is 9.90 Å². The van der Waals surface area contributed by atoms with Crippen molar-refractivity contribution in [2.24, 2.45) is 0 Å². The Labute approximate surface area is 340 Å². The van der Waals surface area contributed by atoms with Crippen molar-refractivity contribution in [1.82, 2.24) is 5.32 Å². The van der Waals surface area contributed by atoms with E-state index in [0.717, 1.165) is 39.3 Å². The average molecular weight is 769 g/mol. The van der Waals surface area contributed by atoms with E-state index in [0.29, 0.717) is 49.7 Å². The first-order chi connectivity index (χ1) is 28.6. The highest BCUT2D eigenvalue weighted by Crippen LogP contribution is 2.34. The Hall–Kier alpha value is -6.67. The summed E-state index contributed by atoms with van der Waals surface area (Å²) in [6.07, 6.45) is 0.438. The number of benzene rings is 7. The molecule has 292 valence electrons. The molecule has 0 heterocycles. The number of hydrogen-bond acceptors (Lipinski definition) is 6. The number of aliphatic hydroxyl groups excluding tert-OH is 1. The van der Waals surface area contributed by atoms with Crippen molar-refractivity contribution in [2.75, 3.05) is 11.9 Å². The van der Waals surface area contributed by atoms with Crippen molar-refractivity contribution in [2.45, 2.75) is 44.3 Å². The lowest BCUT2D eigenvalue weighted by Gasteiger charge is -2.31. The zero-order chi connectivity index (χ0) is 39.8. The average Bonchev–Trinajstić information content (AvgIpc) is 3.28. The highest BCUT2D eigenvalue weighted by Gasteiger charge is 2.27. The molecule has 0 spiro atoms. The van der Waals surface area contributed by atoms with Gasteiger partial charge in [-0.25, -0.2) is 0 Å². The molecule has 0 radical (unpaired) electrons. The van der Waals surface area contributed by atoms with E-state index in [4.69, 9.17) is 14.2 Å². The van der Waals surface area contributed by atoms with E-state index in [-0.39, 0.29) is 18.5 Å². The monoisotopic (exact) mass is 768 g/mol. The van der Waals surface area contributed by atoms with Crippen LogP contribution >= 0.6 is 0 Å². The van der Waals surface area contributed by atoms with Crippen LogP contribution in [0.15, 0.2) is 188 Å². The molecule has 3 N–H and O–H groups in total. The molecule has 0 aliphatic carbocycles. The second-order valence-electron chi connectivity index (χ2n) is 14.2. The molecule has 0 saturated carbocycles. The topological polar surface area (TPSA) is 89.1 Å². The second kappa shape index (κ2) is 20.5. The quantitative estimate of drug-likeness (QED) is 0.0670. The Morgan fingerprint density at radius 3 is 1.40 bits per heavy atom. The molecule has 7 heteroatoms. The van der Waals surface area contributed by atoms with Gasteiger partial charge in [0.05, 0.1) is 11.8 Å². The van der Waals surface area contributed by atoms with Gasteiger partial charge in [0.25, 0.3) is 0 Å². The zero-order valence-corrected chi connectivity index (χ0v) is 32.3. The fraction of sp³-hybridized carbons (Fsp3) is 0.157. The van der Waals surface area contributed by atoms with Gasteiger partial charge in [0, 0.05) is 18.5 Å². The van der Waals surface area contributed by atoms with Gasteiger partial charge in [-0.05, 0) is 81.8 Å². The molecular weight excluding hydrogens is 721 g/mol. The lowest BCUT2D eigenvalue weighted by molar-refractivity contribution is -0.105. The molecule has 0 saturated heterocycles. The van der Waals surface area contributed by atoms with Crippen molar-refractivity contribution in [3.8, 4) is 17.2 Å². The van der Waals surface area contributed by atoms with Crippen LogP contribution in [0, 0.1) is 0 Å². The minimum absolute atomic E-state index is 0.111. The van der Waals surface area contributed by atoms with Gasteiger partial charge in [-0.3, -0.25) is 4.79 Å². The molecule has 7 aromatic rings. The maximum Gasteiger partial charge on any atom is 0.211 e. The minimum atomic E-state index is -0.878. The predicted octanol–water partition coefficient (Wildman–Crippen LogP) is 10.1. The van der Waals surface area contributed by atoms with Crippen molar-refractivity contribution in [3.63, 3.8) is 0 Å². The van der Waals surface area contributed by atoms with Gasteiger partial charge in [0.2, 0.25) is 6.41 Å². The Morgan fingerprint density at radius 2 is 0.931 bits per heavy atom. The van der Waals surface area contributed by atoms with Crippen LogP contribution in [0.4, 0.5) is 5.69 Å². The molecule has 1 unspecified atom stereocenters. The lowest BCUT2D eigenvalue weighted by atomic mass is 9.82. The summed E-state index contributed by atoms with van der Waals surface area (Å²) in [6.45, 7) is 1.57. The normalized spacial score (nSPS) is 12.0. The molecule has 2 atom stereocenters. The van der Waals surface area contributed by atoms with Crippen molar-refractivity contribution in [1.29, 1.82) is 0 Å². The minimum Gasteiger partial charge on any atom is -0.489 e. The van der Waals surface area contributed by atoms with Crippen LogP contribution < -0.4 is 24.8 Å². The molecule has 7 nitrogen and oxygen atoms in total. The van der Waals surface area contributed by atoms with Crippen molar-refractivity contribution < 1.29 is 24.1 Å². The number of nitrogens with one attached hydrogen (secondary N) is 2. The third-order valence-electron chi connectivity index (χ3n) is 10.1.